The molecular weight excluding hydrogens is 386 g/mol. The van der Waals surface area contributed by atoms with Gasteiger partial charge in [0.05, 0.1) is 22.4 Å². The number of hydrogen-bond acceptors (Lipinski definition) is 4. The molecule has 0 fully saturated rings. The van der Waals surface area contributed by atoms with Crippen molar-refractivity contribution in [1.29, 1.82) is 0 Å². The van der Waals surface area contributed by atoms with Crippen molar-refractivity contribution < 1.29 is 13.9 Å². The second kappa shape index (κ2) is 7.89. The molecule has 0 aliphatic rings. The van der Waals surface area contributed by atoms with Crippen LogP contribution in [-0.2, 0) is 10.0 Å². The zero-order chi connectivity index (χ0) is 17.4. The number of para-hydroxylation sites is 3. The van der Waals surface area contributed by atoms with E-state index in [-0.39, 0.29) is 22.8 Å². The van der Waals surface area contributed by atoms with Crippen LogP contribution in [0, 0.1) is 0 Å². The second-order valence-corrected chi connectivity index (χ2v) is 7.22. The fourth-order valence-electron chi connectivity index (χ4n) is 2.93. The van der Waals surface area contributed by atoms with Crippen molar-refractivity contribution in [1.82, 2.24) is 4.98 Å². The molecule has 4 aromatic rings. The molecule has 5 N–H and O–H groups in total. The highest BCUT2D eigenvalue weighted by atomic mass is 35.5. The van der Waals surface area contributed by atoms with Gasteiger partial charge in [0.15, 0.2) is 0 Å². The number of hydrogen-bond donors (Lipinski definition) is 2. The molecule has 0 bridgehead atoms. The number of primary sulfonamides is 1. The van der Waals surface area contributed by atoms with E-state index in [2.05, 4.69) is 10.3 Å². The lowest BCUT2D eigenvalue weighted by atomic mass is 10.1. The van der Waals surface area contributed by atoms with Crippen LogP contribution in [0.4, 0.5) is 11.4 Å². The van der Waals surface area contributed by atoms with Crippen LogP contribution in [-0.4, -0.2) is 18.9 Å². The summed E-state index contributed by atoms with van der Waals surface area (Å²) in [6.45, 7) is 0. The molecule has 1 aromatic heterocycles. The van der Waals surface area contributed by atoms with Crippen LogP contribution >= 0.6 is 12.4 Å². The Morgan fingerprint density at radius 2 is 1.26 bits per heavy atom. The van der Waals surface area contributed by atoms with Crippen molar-refractivity contribution in [2.75, 3.05) is 5.32 Å². The summed E-state index contributed by atoms with van der Waals surface area (Å²) in [5.41, 5.74) is 2.90. The highest BCUT2D eigenvalue weighted by Gasteiger charge is 2.15. The van der Waals surface area contributed by atoms with Crippen LogP contribution in [0.25, 0.3) is 21.8 Å². The summed E-state index contributed by atoms with van der Waals surface area (Å²) in [7, 11) is -3.84. The molecule has 0 unspecified atom stereocenters. The van der Waals surface area contributed by atoms with E-state index >= 15 is 0 Å². The lowest BCUT2D eigenvalue weighted by Gasteiger charge is -2.15. The molecule has 0 radical (unpaired) electrons. The van der Waals surface area contributed by atoms with Gasteiger partial charge in [0.25, 0.3) is 0 Å². The van der Waals surface area contributed by atoms with Crippen molar-refractivity contribution in [2.45, 2.75) is 4.90 Å². The van der Waals surface area contributed by atoms with Crippen molar-refractivity contribution in [3.8, 4) is 0 Å². The molecule has 0 aliphatic carbocycles. The van der Waals surface area contributed by atoms with E-state index in [4.69, 9.17) is 5.14 Å². The highest BCUT2D eigenvalue weighted by Crippen LogP contribution is 2.34. The van der Waals surface area contributed by atoms with Gasteiger partial charge in [-0.1, -0.05) is 48.5 Å². The zero-order valence-corrected chi connectivity index (χ0v) is 15.7. The SMILES string of the molecule is Cl.NS(=O)(=O)c1ccccc1Nc1c2ccccc2nc2ccccc12.O. The van der Waals surface area contributed by atoms with Crippen molar-refractivity contribution in [3.05, 3.63) is 72.8 Å². The maximum atomic E-state index is 11.9. The molecule has 1 heterocycles. The van der Waals surface area contributed by atoms with Crippen LogP contribution < -0.4 is 10.5 Å². The largest absolute Gasteiger partial charge is 0.412 e. The fraction of sp³-hybridized carbons (Fsp3) is 0. The minimum absolute atomic E-state index is 0. The summed E-state index contributed by atoms with van der Waals surface area (Å²) in [6.07, 6.45) is 0. The van der Waals surface area contributed by atoms with Gasteiger partial charge in [0.2, 0.25) is 10.0 Å². The number of aromatic nitrogens is 1. The van der Waals surface area contributed by atoms with Gasteiger partial charge in [-0.05, 0) is 24.3 Å². The monoisotopic (exact) mass is 403 g/mol. The summed E-state index contributed by atoms with van der Waals surface area (Å²) < 4.78 is 23.8. The number of pyridine rings is 1. The van der Waals surface area contributed by atoms with Gasteiger partial charge in [0, 0.05) is 10.8 Å². The van der Waals surface area contributed by atoms with Gasteiger partial charge < -0.3 is 10.8 Å². The Hall–Kier alpha value is -2.71. The molecule has 4 rings (SSSR count). The topological polar surface area (TPSA) is 117 Å². The van der Waals surface area contributed by atoms with Gasteiger partial charge in [-0.25, -0.2) is 18.5 Å². The maximum Gasteiger partial charge on any atom is 0.240 e. The van der Waals surface area contributed by atoms with Gasteiger partial charge >= 0.3 is 0 Å². The summed E-state index contributed by atoms with van der Waals surface area (Å²) in [5, 5.41) is 10.4. The standard InChI is InChI=1S/C19H15N3O2S.ClH.H2O/c20-25(23,24)18-12-6-5-11-17(18)22-19-13-7-1-3-9-15(13)21-16-10-4-2-8-14(16)19;;/h1-12H,(H,21,22)(H2,20,23,24);1H;1H2. The third-order valence-electron chi connectivity index (χ3n) is 4.04. The van der Waals surface area contributed by atoms with Crippen molar-refractivity contribution >= 4 is 55.6 Å². The molecule has 27 heavy (non-hydrogen) atoms. The average molecular weight is 404 g/mol. The summed E-state index contributed by atoms with van der Waals surface area (Å²) >= 11 is 0. The molecule has 6 nitrogen and oxygen atoms in total. The molecule has 0 atom stereocenters. The summed E-state index contributed by atoms with van der Waals surface area (Å²) in [4.78, 5) is 4.72. The predicted molar refractivity (Wildman–Crippen MR) is 111 cm³/mol. The number of nitrogens with two attached hydrogens (primary N) is 1. The van der Waals surface area contributed by atoms with E-state index < -0.39 is 10.0 Å². The smallest absolute Gasteiger partial charge is 0.240 e. The van der Waals surface area contributed by atoms with Crippen LogP contribution in [0.15, 0.2) is 77.7 Å². The lowest BCUT2D eigenvalue weighted by Crippen LogP contribution is -2.14. The number of fused-ring (bicyclic) bond motifs is 2. The first-order valence-corrected chi connectivity index (χ1v) is 9.25. The van der Waals surface area contributed by atoms with E-state index in [1.54, 1.807) is 18.2 Å². The third kappa shape index (κ3) is 3.86. The van der Waals surface area contributed by atoms with Gasteiger partial charge in [-0.15, -0.1) is 12.4 Å². The van der Waals surface area contributed by atoms with Gasteiger partial charge in [-0.3, -0.25) is 0 Å². The maximum absolute atomic E-state index is 11.9. The van der Waals surface area contributed by atoms with Gasteiger partial charge in [-0.2, -0.15) is 0 Å². The third-order valence-corrected chi connectivity index (χ3v) is 5.01. The van der Waals surface area contributed by atoms with Crippen LogP contribution in [0.3, 0.4) is 0 Å². The predicted octanol–water partition coefficient (Wildman–Crippen LogP) is 3.38. The lowest BCUT2D eigenvalue weighted by molar-refractivity contribution is 0.598. The number of anilines is 2. The number of nitrogens with one attached hydrogen (secondary N) is 1. The summed E-state index contributed by atoms with van der Waals surface area (Å²) in [6, 6.07) is 22.1. The molecule has 0 saturated carbocycles. The summed E-state index contributed by atoms with van der Waals surface area (Å²) in [5.74, 6) is 0. The number of rotatable bonds is 3. The quantitative estimate of drug-likeness (QED) is 0.510. The van der Waals surface area contributed by atoms with Gasteiger partial charge in [0.1, 0.15) is 4.90 Å². The molecule has 3 aromatic carbocycles. The first-order valence-electron chi connectivity index (χ1n) is 7.70. The Morgan fingerprint density at radius 3 is 1.81 bits per heavy atom. The van der Waals surface area contributed by atoms with Crippen LogP contribution in [0.5, 0.6) is 0 Å². The molecule has 0 amide bonds. The molecule has 0 spiro atoms. The fourth-order valence-corrected chi connectivity index (χ4v) is 3.62. The van der Waals surface area contributed by atoms with E-state index in [1.165, 1.54) is 6.07 Å². The van der Waals surface area contributed by atoms with Crippen molar-refractivity contribution in [2.24, 2.45) is 5.14 Å². The van der Waals surface area contributed by atoms with E-state index in [0.717, 1.165) is 27.5 Å². The first kappa shape index (κ1) is 20.6. The molecule has 0 aliphatic heterocycles. The normalized spacial score (nSPS) is 10.9. The molecule has 0 saturated heterocycles. The first-order chi connectivity index (χ1) is 12.0. The Labute approximate surface area is 162 Å². The van der Waals surface area contributed by atoms with E-state index in [0.29, 0.717) is 5.69 Å². The number of sulfonamides is 1. The number of nitrogens with zero attached hydrogens (tertiary/aromatic N) is 1. The molecular formula is C19H18ClN3O3S. The van der Waals surface area contributed by atoms with Crippen LogP contribution in [0.2, 0.25) is 0 Å². The minimum atomic E-state index is -3.84. The highest BCUT2D eigenvalue weighted by molar-refractivity contribution is 7.89. The average Bonchev–Trinajstić information content (AvgIpc) is 2.61. The minimum Gasteiger partial charge on any atom is -0.412 e. The van der Waals surface area contributed by atoms with Crippen molar-refractivity contribution in [3.63, 3.8) is 0 Å². The number of benzene rings is 3. The second-order valence-electron chi connectivity index (χ2n) is 5.69. The Balaban J connectivity index is 0.00000131. The van der Waals surface area contributed by atoms with Crippen LogP contribution in [0.1, 0.15) is 0 Å². The number of halogens is 1. The van der Waals surface area contributed by atoms with E-state index in [1.807, 2.05) is 48.5 Å². The molecule has 8 heteroatoms. The van der Waals surface area contributed by atoms with E-state index in [9.17, 15) is 8.42 Å². The zero-order valence-electron chi connectivity index (χ0n) is 14.1. The Bertz CT molecular complexity index is 1160. The Morgan fingerprint density at radius 1 is 0.778 bits per heavy atom. The Kier molecular flexibility index (Phi) is 6.02. The molecule has 140 valence electrons.